The molecule has 30 atom stereocenters. The predicted octanol–water partition coefficient (Wildman–Crippen LogP) is -3.12. The van der Waals surface area contributed by atoms with Crippen LogP contribution >= 0.6 is 0 Å². The van der Waals surface area contributed by atoms with E-state index in [0.29, 0.717) is 32.1 Å². The van der Waals surface area contributed by atoms with Crippen molar-refractivity contribution in [3.05, 3.63) is 12.2 Å². The molecule has 3 unspecified atom stereocenters. The molecule has 25 heteroatoms. The first kappa shape index (κ1) is 62.8. The summed E-state index contributed by atoms with van der Waals surface area (Å²) in [7, 11) is 0. The van der Waals surface area contributed by atoms with Gasteiger partial charge in [-0.1, -0.05) is 46.8 Å². The molecule has 4 saturated carbocycles. The SMILES string of the molecule is CC(C)(/C=C/C[C@](C)(O[C@@H]1O[C@H](CO[C@@H]2OC[C@@H](O)[C@H](O)[C@H]2O)[C@@H](O)[C@H](O)[C@H]1O)[C@H]1CC[C@]2(C)C1[C@H](O)CC1[C@@]3(C)C[C@@H](O)[C@H](O[C@@H]4O[C@H](CO)[C@@H](O)[C@H](O)[C@H]4O[C@@H]4O[C@H](CO)[C@@H](O)[C@H](O)[C@H]4O)C(C)(C)C3CC[C@]12C)OO. The van der Waals surface area contributed by atoms with E-state index in [-0.39, 0.29) is 31.3 Å². The van der Waals surface area contributed by atoms with E-state index in [1.807, 2.05) is 20.8 Å². The second-order valence-corrected chi connectivity index (χ2v) is 25.9. The molecular formula is C53H90O25. The highest BCUT2D eigenvalue weighted by Crippen LogP contribution is 2.76. The van der Waals surface area contributed by atoms with Gasteiger partial charge in [0.25, 0.3) is 0 Å². The van der Waals surface area contributed by atoms with Crippen molar-refractivity contribution in [3.8, 4) is 0 Å². The Balaban J connectivity index is 1.04. The van der Waals surface area contributed by atoms with Crippen molar-refractivity contribution < 1.29 is 125 Å². The quantitative estimate of drug-likeness (QED) is 0.0315. The molecule has 4 aliphatic carbocycles. The maximum absolute atomic E-state index is 12.8. The summed E-state index contributed by atoms with van der Waals surface area (Å²) in [5, 5.41) is 174. The molecule has 4 aliphatic heterocycles. The summed E-state index contributed by atoms with van der Waals surface area (Å²) in [4.78, 5) is 4.69. The monoisotopic (exact) mass is 1130 g/mol. The number of hydrogen-bond acceptors (Lipinski definition) is 25. The van der Waals surface area contributed by atoms with E-state index in [0.717, 1.165) is 0 Å². The second-order valence-electron chi connectivity index (χ2n) is 25.9. The summed E-state index contributed by atoms with van der Waals surface area (Å²) >= 11 is 0. The lowest BCUT2D eigenvalue weighted by Crippen LogP contribution is -2.70. The molecule has 0 spiro atoms. The Bertz CT molecular complexity index is 2040. The van der Waals surface area contributed by atoms with Crippen molar-refractivity contribution in [2.45, 2.75) is 247 Å². The summed E-state index contributed by atoms with van der Waals surface area (Å²) in [6.45, 7) is 13.3. The zero-order valence-electron chi connectivity index (χ0n) is 45.8. The highest BCUT2D eigenvalue weighted by atomic mass is 17.1. The first-order valence-electron chi connectivity index (χ1n) is 27.6. The molecule has 4 saturated heterocycles. The second kappa shape index (κ2) is 23.3. The number of hydrogen-bond donors (Lipinski definition) is 16. The van der Waals surface area contributed by atoms with Crippen molar-refractivity contribution in [1.82, 2.24) is 0 Å². The largest absolute Gasteiger partial charge is 0.394 e. The standard InChI is InChI=1S/C53H90O25/c1-48(2,78-69)12-9-13-53(8,77-46-41(68)37(64)35(62)28(74-46)21-71-44-39(66)32(59)25(58)20-70-44)22-10-14-52(7)31(22)23(56)16-30-50(5)17-24(57)43(49(3,4)29(50)11-15-51(30,52)6)76-47-42(38(65)34(61)27(19-55)73-47)75-45-40(67)36(63)33(60)26(18-54)72-45/h9,12,22-47,54-69H,10-11,13-21H2,1-8H3/b12-9+/t22-,23+,24+,25+,26+,27+,28+,29?,30?,31?,32-,33+,34+,35+,36-,37-,38-,39+,40+,41+,42+,43-,44-,45-,46-,47-,50-,51+,52+,53-/m0/s1. The Morgan fingerprint density at radius 1 is 0.577 bits per heavy atom. The molecule has 25 nitrogen and oxygen atoms in total. The molecule has 0 aromatic carbocycles. The molecule has 0 amide bonds. The van der Waals surface area contributed by atoms with E-state index in [4.69, 9.17) is 42.8 Å². The van der Waals surface area contributed by atoms with Crippen LogP contribution in [0.2, 0.25) is 0 Å². The summed E-state index contributed by atoms with van der Waals surface area (Å²) in [5.41, 5.74) is -4.94. The van der Waals surface area contributed by atoms with Gasteiger partial charge >= 0.3 is 0 Å². The zero-order chi connectivity index (χ0) is 57.6. The zero-order valence-corrected chi connectivity index (χ0v) is 45.8. The fourth-order valence-corrected chi connectivity index (χ4v) is 16.1. The molecule has 0 aromatic heterocycles. The number of aliphatic hydroxyl groups is 15. The molecule has 8 aliphatic rings. The molecule has 8 fully saturated rings. The van der Waals surface area contributed by atoms with Crippen LogP contribution < -0.4 is 0 Å². The first-order chi connectivity index (χ1) is 36.4. The van der Waals surface area contributed by atoms with Gasteiger partial charge in [0.15, 0.2) is 25.2 Å². The Morgan fingerprint density at radius 2 is 1.14 bits per heavy atom. The lowest BCUT2D eigenvalue weighted by molar-refractivity contribution is -0.383. The normalized spacial score (nSPS) is 52.6. The minimum absolute atomic E-state index is 0.133. The summed E-state index contributed by atoms with van der Waals surface area (Å²) in [6.07, 6.45) is -27.6. The molecule has 0 aromatic rings. The highest BCUT2D eigenvalue weighted by Gasteiger charge is 2.73. The summed E-state index contributed by atoms with van der Waals surface area (Å²) in [6, 6.07) is 0. The summed E-state index contributed by atoms with van der Waals surface area (Å²) in [5.74, 6) is -1.20. The van der Waals surface area contributed by atoms with Crippen LogP contribution in [0.3, 0.4) is 0 Å². The fraction of sp³-hybridized carbons (Fsp3) is 0.962. The molecule has 8 rings (SSSR count). The van der Waals surface area contributed by atoms with E-state index in [1.165, 1.54) is 0 Å². The van der Waals surface area contributed by atoms with Gasteiger partial charge in [0.1, 0.15) is 97.2 Å². The molecule has 0 bridgehead atoms. The number of fused-ring (bicyclic) bond motifs is 5. The van der Waals surface area contributed by atoms with Crippen LogP contribution in [-0.2, 0) is 42.8 Å². The van der Waals surface area contributed by atoms with Crippen molar-refractivity contribution in [2.24, 2.45) is 45.3 Å². The van der Waals surface area contributed by atoms with Crippen molar-refractivity contribution in [1.29, 1.82) is 0 Å². The van der Waals surface area contributed by atoms with Crippen LogP contribution in [0.4, 0.5) is 0 Å². The Kier molecular flexibility index (Phi) is 18.8. The number of aliphatic hydroxyl groups excluding tert-OH is 15. The molecule has 4 heterocycles. The van der Waals surface area contributed by atoms with Crippen molar-refractivity contribution in [2.75, 3.05) is 26.4 Å². The fourth-order valence-electron chi connectivity index (χ4n) is 16.1. The summed E-state index contributed by atoms with van der Waals surface area (Å²) < 4.78 is 48.3. The van der Waals surface area contributed by atoms with Crippen LogP contribution in [-0.4, -0.2) is 255 Å². The lowest BCUT2D eigenvalue weighted by Gasteiger charge is -2.71. The maximum Gasteiger partial charge on any atom is 0.187 e. The van der Waals surface area contributed by atoms with Crippen LogP contribution in [0.25, 0.3) is 0 Å². The van der Waals surface area contributed by atoms with Crippen LogP contribution in [0, 0.1) is 45.3 Å². The van der Waals surface area contributed by atoms with E-state index >= 15 is 0 Å². The van der Waals surface area contributed by atoms with Gasteiger partial charge in [-0.3, -0.25) is 5.26 Å². The Morgan fingerprint density at radius 3 is 1.77 bits per heavy atom. The Hall–Kier alpha value is -1.26. The van der Waals surface area contributed by atoms with E-state index in [9.17, 15) is 81.9 Å². The Labute approximate surface area is 454 Å². The third-order valence-corrected chi connectivity index (χ3v) is 20.5. The van der Waals surface area contributed by atoms with Gasteiger partial charge in [0.05, 0.1) is 50.3 Å². The van der Waals surface area contributed by atoms with Gasteiger partial charge in [-0.05, 0) is 111 Å². The molecule has 16 N–H and O–H groups in total. The molecule has 0 radical (unpaired) electrons. The molecule has 452 valence electrons. The van der Waals surface area contributed by atoms with E-state index in [1.54, 1.807) is 26.0 Å². The van der Waals surface area contributed by atoms with Crippen molar-refractivity contribution >= 4 is 0 Å². The topological polar surface area (TPSA) is 407 Å². The van der Waals surface area contributed by atoms with Gasteiger partial charge in [-0.2, -0.15) is 0 Å². The van der Waals surface area contributed by atoms with Gasteiger partial charge in [-0.25, -0.2) is 4.89 Å². The van der Waals surface area contributed by atoms with Gasteiger partial charge in [0, 0.05) is 0 Å². The van der Waals surface area contributed by atoms with Gasteiger partial charge in [-0.15, -0.1) is 0 Å². The average Bonchev–Trinajstić information content (AvgIpc) is 3.88. The third-order valence-electron chi connectivity index (χ3n) is 20.5. The van der Waals surface area contributed by atoms with Gasteiger partial charge < -0.3 is 114 Å². The van der Waals surface area contributed by atoms with Crippen LogP contribution in [0.5, 0.6) is 0 Å². The molecular weight excluding hydrogens is 1040 g/mol. The number of rotatable bonds is 16. The van der Waals surface area contributed by atoms with Gasteiger partial charge in [0.2, 0.25) is 0 Å². The van der Waals surface area contributed by atoms with E-state index in [2.05, 4.69) is 20.8 Å². The van der Waals surface area contributed by atoms with E-state index < -0.39 is 200 Å². The minimum Gasteiger partial charge on any atom is -0.394 e. The highest BCUT2D eigenvalue weighted by molar-refractivity contribution is 5.22. The maximum atomic E-state index is 12.8. The molecule has 78 heavy (non-hydrogen) atoms. The average molecular weight is 1130 g/mol. The first-order valence-corrected chi connectivity index (χ1v) is 27.6. The number of ether oxygens (including phenoxy) is 8. The lowest BCUT2D eigenvalue weighted by atomic mass is 9.35. The third kappa shape index (κ3) is 10.9. The van der Waals surface area contributed by atoms with Crippen molar-refractivity contribution in [3.63, 3.8) is 0 Å². The van der Waals surface area contributed by atoms with Crippen LogP contribution in [0.15, 0.2) is 12.2 Å². The predicted molar refractivity (Wildman–Crippen MR) is 264 cm³/mol. The van der Waals surface area contributed by atoms with Crippen LogP contribution in [0.1, 0.15) is 100 Å². The smallest absolute Gasteiger partial charge is 0.187 e. The minimum atomic E-state index is -1.88.